The molecule has 0 aliphatic carbocycles. The molecule has 0 saturated carbocycles. The summed E-state index contributed by atoms with van der Waals surface area (Å²) in [5, 5.41) is 7.96. The van der Waals surface area contributed by atoms with Crippen LogP contribution in [0.5, 0.6) is 0 Å². The Morgan fingerprint density at radius 1 is 0.621 bits per heavy atom. The van der Waals surface area contributed by atoms with E-state index in [1.807, 2.05) is 0 Å². The van der Waals surface area contributed by atoms with Crippen LogP contribution in [0, 0.1) is 0 Å². The summed E-state index contributed by atoms with van der Waals surface area (Å²) in [5.41, 5.74) is 0. The number of hydrogen-bond donors (Lipinski definition) is 3. The summed E-state index contributed by atoms with van der Waals surface area (Å²) in [6.45, 7) is 5.52. The Morgan fingerprint density at radius 2 is 1.00 bits per heavy atom. The van der Waals surface area contributed by atoms with Crippen molar-refractivity contribution in [2.75, 3.05) is 13.1 Å². The second-order valence-electron chi connectivity index (χ2n) is 8.07. The lowest BCUT2D eigenvalue weighted by atomic mass is 10.1. The summed E-state index contributed by atoms with van der Waals surface area (Å²) in [7, 11) is 0. The van der Waals surface area contributed by atoms with Crippen molar-refractivity contribution in [3.05, 3.63) is 0 Å². The van der Waals surface area contributed by atoms with Gasteiger partial charge in [0.1, 0.15) is 30.2 Å². The van der Waals surface area contributed by atoms with Gasteiger partial charge in [-0.2, -0.15) is 0 Å². The van der Waals surface area contributed by atoms with Crippen LogP contribution < -0.4 is 16.0 Å². The average Bonchev–Trinajstić information content (AvgIpc) is 3.35. The number of carbonyl (C=O) groups is 5. The fourth-order valence-electron chi connectivity index (χ4n) is 4.25. The van der Waals surface area contributed by atoms with E-state index in [4.69, 9.17) is 0 Å². The van der Waals surface area contributed by atoms with Crippen molar-refractivity contribution >= 4 is 29.5 Å². The molecular formula is C19H29N5O5. The molecule has 0 aromatic heterocycles. The molecule has 3 heterocycles. The lowest BCUT2D eigenvalue weighted by Crippen LogP contribution is -2.56. The summed E-state index contributed by atoms with van der Waals surface area (Å²) in [5.74, 6) is -1.99. The first-order valence-corrected chi connectivity index (χ1v) is 10.2. The van der Waals surface area contributed by atoms with Crippen molar-refractivity contribution in [3.8, 4) is 0 Å². The molecule has 0 unspecified atom stereocenters. The van der Waals surface area contributed by atoms with Gasteiger partial charge in [-0.1, -0.05) is 0 Å². The molecular weight excluding hydrogens is 378 g/mol. The van der Waals surface area contributed by atoms with E-state index < -0.39 is 47.9 Å². The number of hydrogen-bond acceptors (Lipinski definition) is 5. The van der Waals surface area contributed by atoms with Gasteiger partial charge >= 0.3 is 0 Å². The second-order valence-corrected chi connectivity index (χ2v) is 8.07. The first kappa shape index (κ1) is 21.1. The van der Waals surface area contributed by atoms with Crippen LogP contribution in [0.3, 0.4) is 0 Å². The Hall–Kier alpha value is -2.65. The van der Waals surface area contributed by atoms with Gasteiger partial charge in [-0.3, -0.25) is 24.0 Å². The lowest BCUT2D eigenvalue weighted by Gasteiger charge is -2.29. The molecule has 10 nitrogen and oxygen atoms in total. The predicted octanol–water partition coefficient (Wildman–Crippen LogP) is -1.50. The van der Waals surface area contributed by atoms with E-state index in [1.165, 1.54) is 16.7 Å². The van der Waals surface area contributed by atoms with Crippen LogP contribution in [0.2, 0.25) is 0 Å². The van der Waals surface area contributed by atoms with Gasteiger partial charge in [-0.25, -0.2) is 0 Å². The number of carbonyl (C=O) groups excluding carboxylic acids is 5. The molecule has 3 saturated heterocycles. The third-order valence-electron chi connectivity index (χ3n) is 5.89. The van der Waals surface area contributed by atoms with Crippen LogP contribution >= 0.6 is 0 Å². The van der Waals surface area contributed by atoms with Gasteiger partial charge < -0.3 is 25.8 Å². The summed E-state index contributed by atoms with van der Waals surface area (Å²) < 4.78 is 0. The molecule has 0 aromatic rings. The number of nitrogens with zero attached hydrogens (tertiary/aromatic N) is 2. The molecule has 3 aliphatic heterocycles. The van der Waals surface area contributed by atoms with E-state index in [0.717, 1.165) is 0 Å². The normalized spacial score (nSPS) is 34.6. The van der Waals surface area contributed by atoms with Gasteiger partial charge in [0, 0.05) is 13.1 Å². The minimum atomic E-state index is -0.855. The van der Waals surface area contributed by atoms with Gasteiger partial charge in [0.15, 0.2) is 0 Å². The monoisotopic (exact) mass is 407 g/mol. The lowest BCUT2D eigenvalue weighted by molar-refractivity contribution is -0.143. The minimum absolute atomic E-state index is 0.341. The minimum Gasteiger partial charge on any atom is -0.343 e. The number of fused-ring (bicyclic) bond motifs is 2. The quantitative estimate of drug-likeness (QED) is 0.450. The summed E-state index contributed by atoms with van der Waals surface area (Å²) in [4.78, 5) is 66.5. The van der Waals surface area contributed by atoms with Crippen LogP contribution in [0.4, 0.5) is 0 Å². The number of rotatable bonds is 0. The predicted molar refractivity (Wildman–Crippen MR) is 102 cm³/mol. The molecule has 3 fully saturated rings. The van der Waals surface area contributed by atoms with Crippen LogP contribution in [0.15, 0.2) is 0 Å². The van der Waals surface area contributed by atoms with E-state index >= 15 is 0 Å². The molecule has 3 N–H and O–H groups in total. The van der Waals surface area contributed by atoms with Gasteiger partial charge in [-0.05, 0) is 46.5 Å². The molecule has 0 radical (unpaired) electrons. The maximum atomic E-state index is 12.9. The Morgan fingerprint density at radius 3 is 1.45 bits per heavy atom. The number of nitrogens with one attached hydrogen (secondary N) is 3. The highest BCUT2D eigenvalue weighted by molar-refractivity contribution is 5.97. The SMILES string of the molecule is C[C@@H]1NC(=O)[C@H]2CCCN2C(=O)[C@H](C)NC(=O)[C@H]2CCCN2C(=O)[C@H](C)NC1=O. The highest BCUT2D eigenvalue weighted by atomic mass is 16.2. The molecule has 3 rings (SSSR count). The smallest absolute Gasteiger partial charge is 0.245 e. The van der Waals surface area contributed by atoms with E-state index in [-0.39, 0.29) is 11.8 Å². The molecule has 10 heteroatoms. The fourth-order valence-corrected chi connectivity index (χ4v) is 4.25. The van der Waals surface area contributed by atoms with Crippen LogP contribution in [0.1, 0.15) is 46.5 Å². The number of amides is 5. The summed E-state index contributed by atoms with van der Waals surface area (Å²) in [6.07, 6.45) is 2.35. The van der Waals surface area contributed by atoms with Crippen LogP contribution in [-0.2, 0) is 24.0 Å². The zero-order valence-electron chi connectivity index (χ0n) is 17.1. The largest absolute Gasteiger partial charge is 0.343 e. The first-order valence-electron chi connectivity index (χ1n) is 10.2. The van der Waals surface area contributed by atoms with Gasteiger partial charge in [-0.15, -0.1) is 0 Å². The third-order valence-corrected chi connectivity index (χ3v) is 5.89. The van der Waals surface area contributed by atoms with E-state index in [1.54, 1.807) is 13.8 Å². The highest BCUT2D eigenvalue weighted by Gasteiger charge is 2.41. The maximum Gasteiger partial charge on any atom is 0.245 e. The first-order chi connectivity index (χ1) is 13.7. The zero-order chi connectivity index (χ0) is 21.3. The van der Waals surface area contributed by atoms with Crippen molar-refractivity contribution in [2.24, 2.45) is 0 Å². The molecule has 0 spiro atoms. The zero-order valence-corrected chi connectivity index (χ0v) is 17.1. The topological polar surface area (TPSA) is 128 Å². The van der Waals surface area contributed by atoms with Crippen molar-refractivity contribution in [1.82, 2.24) is 25.8 Å². The standard InChI is InChI=1S/C19H29N5O5/c1-10-15(25)21-11(2)18(28)24-9-5-7-14(24)17(27)22-12(3)19(29)23-8-4-6-13(23)16(26)20-10/h10-14H,4-9H2,1-3H3,(H,20,26)(H,21,25)(H,22,27)/t10-,11-,12-,13+,14+/m0/s1. The molecule has 29 heavy (non-hydrogen) atoms. The third kappa shape index (κ3) is 4.20. The van der Waals surface area contributed by atoms with Gasteiger partial charge in [0.05, 0.1) is 0 Å². The Labute approximate surface area is 169 Å². The average molecular weight is 407 g/mol. The van der Waals surface area contributed by atoms with Crippen molar-refractivity contribution < 1.29 is 24.0 Å². The Balaban J connectivity index is 1.89. The maximum absolute atomic E-state index is 12.9. The molecule has 5 amide bonds. The van der Waals surface area contributed by atoms with E-state index in [0.29, 0.717) is 38.8 Å². The molecule has 3 aliphatic rings. The highest BCUT2D eigenvalue weighted by Crippen LogP contribution is 2.21. The molecule has 0 bridgehead atoms. The van der Waals surface area contributed by atoms with Crippen LogP contribution in [-0.4, -0.2) is 82.6 Å². The van der Waals surface area contributed by atoms with Crippen molar-refractivity contribution in [3.63, 3.8) is 0 Å². The summed E-state index contributed by atoms with van der Waals surface area (Å²) >= 11 is 0. The molecule has 5 atom stereocenters. The molecule has 0 aromatic carbocycles. The second kappa shape index (κ2) is 8.38. The van der Waals surface area contributed by atoms with Gasteiger partial charge in [0.2, 0.25) is 29.5 Å². The van der Waals surface area contributed by atoms with E-state index in [2.05, 4.69) is 16.0 Å². The summed E-state index contributed by atoms with van der Waals surface area (Å²) in [6, 6.07) is -3.85. The van der Waals surface area contributed by atoms with E-state index in [9.17, 15) is 24.0 Å². The molecule has 160 valence electrons. The fraction of sp³-hybridized carbons (Fsp3) is 0.737. The van der Waals surface area contributed by atoms with Gasteiger partial charge in [0.25, 0.3) is 0 Å². The van der Waals surface area contributed by atoms with Crippen LogP contribution in [0.25, 0.3) is 0 Å². The van der Waals surface area contributed by atoms with Crippen molar-refractivity contribution in [1.29, 1.82) is 0 Å². The Kier molecular flexibility index (Phi) is 6.09. The van der Waals surface area contributed by atoms with Crippen molar-refractivity contribution in [2.45, 2.75) is 76.7 Å². The Bertz CT molecular complexity index is 726.